The molecule has 0 bridgehead atoms. The summed E-state index contributed by atoms with van der Waals surface area (Å²) in [6, 6.07) is 12.4. The van der Waals surface area contributed by atoms with Crippen LogP contribution in [0.3, 0.4) is 0 Å². The number of esters is 1. The molecule has 0 amide bonds. The predicted octanol–water partition coefficient (Wildman–Crippen LogP) is 3.77. The number of carbonyl (C=O) groups is 1. The van der Waals surface area contributed by atoms with E-state index >= 15 is 0 Å². The van der Waals surface area contributed by atoms with Crippen molar-refractivity contribution in [3.05, 3.63) is 53.1 Å². The molecule has 2 N–H and O–H groups in total. The van der Waals surface area contributed by atoms with E-state index in [2.05, 4.69) is 0 Å². The molecule has 0 radical (unpaired) electrons. The second-order valence-electron chi connectivity index (χ2n) is 4.00. The molecule has 0 saturated carbocycles. The Labute approximate surface area is 117 Å². The fourth-order valence-electron chi connectivity index (χ4n) is 1.82. The smallest absolute Gasteiger partial charge is 0.338 e. The lowest BCUT2D eigenvalue weighted by molar-refractivity contribution is 0.0526. The number of hydrogen-bond acceptors (Lipinski definition) is 3. The van der Waals surface area contributed by atoms with Gasteiger partial charge in [-0.1, -0.05) is 29.8 Å². The fourth-order valence-corrected chi connectivity index (χ4v) is 2.03. The minimum absolute atomic E-state index is 0.338. The molecule has 98 valence electrons. The molecule has 2 aromatic rings. The van der Waals surface area contributed by atoms with Crippen molar-refractivity contribution in [2.45, 2.75) is 6.92 Å². The van der Waals surface area contributed by atoms with Gasteiger partial charge in [-0.15, -0.1) is 0 Å². The zero-order valence-corrected chi connectivity index (χ0v) is 11.3. The van der Waals surface area contributed by atoms with Crippen LogP contribution < -0.4 is 5.73 Å². The van der Waals surface area contributed by atoms with Crippen LogP contribution in [0.2, 0.25) is 5.02 Å². The van der Waals surface area contributed by atoms with E-state index < -0.39 is 0 Å². The fraction of sp³-hybridized carbons (Fsp3) is 0.133. The SMILES string of the molecule is CCOC(=O)c1ccc(Cl)c(-c2ccccc2N)c1. The molecular weight excluding hydrogens is 262 g/mol. The number of hydrogen-bond donors (Lipinski definition) is 1. The summed E-state index contributed by atoms with van der Waals surface area (Å²) >= 11 is 6.18. The number of para-hydroxylation sites is 1. The molecule has 2 aromatic carbocycles. The third kappa shape index (κ3) is 2.88. The Bertz CT molecular complexity index is 611. The topological polar surface area (TPSA) is 52.3 Å². The van der Waals surface area contributed by atoms with Gasteiger partial charge in [-0.3, -0.25) is 0 Å². The van der Waals surface area contributed by atoms with Gasteiger partial charge in [0, 0.05) is 21.8 Å². The standard InChI is InChI=1S/C15H14ClNO2/c1-2-19-15(18)10-7-8-13(16)12(9-10)11-5-3-4-6-14(11)17/h3-9H,2,17H2,1H3. The van der Waals surface area contributed by atoms with Crippen LogP contribution in [-0.2, 0) is 4.74 Å². The first-order chi connectivity index (χ1) is 9.13. The maximum absolute atomic E-state index is 11.7. The van der Waals surface area contributed by atoms with Crippen molar-refractivity contribution in [2.24, 2.45) is 0 Å². The molecular formula is C15H14ClNO2. The number of ether oxygens (including phenoxy) is 1. The quantitative estimate of drug-likeness (QED) is 0.685. The minimum atomic E-state index is -0.366. The van der Waals surface area contributed by atoms with Crippen LogP contribution in [0.25, 0.3) is 11.1 Å². The number of benzene rings is 2. The third-order valence-electron chi connectivity index (χ3n) is 2.73. The maximum atomic E-state index is 11.7. The summed E-state index contributed by atoms with van der Waals surface area (Å²) in [5.74, 6) is -0.366. The Morgan fingerprint density at radius 3 is 2.63 bits per heavy atom. The van der Waals surface area contributed by atoms with Crippen LogP contribution >= 0.6 is 11.6 Å². The first-order valence-electron chi connectivity index (χ1n) is 5.95. The zero-order chi connectivity index (χ0) is 13.8. The van der Waals surface area contributed by atoms with Crippen LogP contribution in [0.4, 0.5) is 5.69 Å². The molecule has 0 saturated heterocycles. The van der Waals surface area contributed by atoms with Crippen LogP contribution in [0, 0.1) is 0 Å². The van der Waals surface area contributed by atoms with Crippen LogP contribution in [0.1, 0.15) is 17.3 Å². The van der Waals surface area contributed by atoms with E-state index in [1.54, 1.807) is 31.2 Å². The Morgan fingerprint density at radius 1 is 1.21 bits per heavy atom. The number of halogens is 1. The summed E-state index contributed by atoms with van der Waals surface area (Å²) in [6.45, 7) is 2.11. The van der Waals surface area contributed by atoms with Gasteiger partial charge in [0.05, 0.1) is 12.2 Å². The molecule has 0 spiro atoms. The highest BCUT2D eigenvalue weighted by Crippen LogP contribution is 2.32. The van der Waals surface area contributed by atoms with Gasteiger partial charge in [0.15, 0.2) is 0 Å². The van der Waals surface area contributed by atoms with E-state index in [0.29, 0.717) is 22.9 Å². The predicted molar refractivity (Wildman–Crippen MR) is 77.3 cm³/mol. The lowest BCUT2D eigenvalue weighted by atomic mass is 10.0. The van der Waals surface area contributed by atoms with Crippen molar-refractivity contribution in [3.8, 4) is 11.1 Å². The molecule has 3 nitrogen and oxygen atoms in total. The summed E-state index contributed by atoms with van der Waals surface area (Å²) < 4.78 is 4.98. The highest BCUT2D eigenvalue weighted by Gasteiger charge is 2.12. The van der Waals surface area contributed by atoms with Gasteiger partial charge < -0.3 is 10.5 Å². The van der Waals surface area contributed by atoms with Crippen LogP contribution in [0.5, 0.6) is 0 Å². The monoisotopic (exact) mass is 275 g/mol. The zero-order valence-electron chi connectivity index (χ0n) is 10.5. The summed E-state index contributed by atoms with van der Waals surface area (Å²) in [4.78, 5) is 11.7. The molecule has 0 aliphatic rings. The van der Waals surface area contributed by atoms with E-state index in [1.807, 2.05) is 18.2 Å². The second kappa shape index (κ2) is 5.76. The molecule has 0 heterocycles. The average molecular weight is 276 g/mol. The Hall–Kier alpha value is -2.00. The van der Waals surface area contributed by atoms with E-state index in [-0.39, 0.29) is 5.97 Å². The van der Waals surface area contributed by atoms with Crippen molar-refractivity contribution in [2.75, 3.05) is 12.3 Å². The van der Waals surface area contributed by atoms with Crippen molar-refractivity contribution in [3.63, 3.8) is 0 Å². The lowest BCUT2D eigenvalue weighted by Gasteiger charge is -2.09. The third-order valence-corrected chi connectivity index (χ3v) is 3.06. The lowest BCUT2D eigenvalue weighted by Crippen LogP contribution is -2.04. The first-order valence-corrected chi connectivity index (χ1v) is 6.33. The van der Waals surface area contributed by atoms with E-state index in [1.165, 1.54) is 0 Å². The molecule has 4 heteroatoms. The van der Waals surface area contributed by atoms with Gasteiger partial charge >= 0.3 is 5.97 Å². The molecule has 0 aliphatic carbocycles. The first kappa shape index (κ1) is 13.4. The largest absolute Gasteiger partial charge is 0.462 e. The summed E-state index contributed by atoms with van der Waals surface area (Å²) in [5.41, 5.74) is 8.54. The molecule has 0 unspecified atom stereocenters. The van der Waals surface area contributed by atoms with Crippen molar-refractivity contribution in [1.29, 1.82) is 0 Å². The van der Waals surface area contributed by atoms with Crippen molar-refractivity contribution in [1.82, 2.24) is 0 Å². The molecule has 19 heavy (non-hydrogen) atoms. The van der Waals surface area contributed by atoms with Crippen LogP contribution in [0.15, 0.2) is 42.5 Å². The van der Waals surface area contributed by atoms with Gasteiger partial charge in [0.2, 0.25) is 0 Å². The number of anilines is 1. The summed E-state index contributed by atoms with van der Waals surface area (Å²) in [5, 5.41) is 0.547. The number of nitrogens with two attached hydrogens (primary N) is 1. The van der Waals surface area contributed by atoms with Gasteiger partial charge in [-0.2, -0.15) is 0 Å². The normalized spacial score (nSPS) is 10.2. The molecule has 0 atom stereocenters. The maximum Gasteiger partial charge on any atom is 0.338 e. The molecule has 0 aromatic heterocycles. The van der Waals surface area contributed by atoms with Gasteiger partial charge in [-0.25, -0.2) is 4.79 Å². The van der Waals surface area contributed by atoms with Gasteiger partial charge in [-0.05, 0) is 31.2 Å². The van der Waals surface area contributed by atoms with E-state index in [4.69, 9.17) is 22.1 Å². The molecule has 0 fully saturated rings. The van der Waals surface area contributed by atoms with E-state index in [0.717, 1.165) is 11.1 Å². The van der Waals surface area contributed by atoms with E-state index in [9.17, 15) is 4.79 Å². The highest BCUT2D eigenvalue weighted by molar-refractivity contribution is 6.33. The second-order valence-corrected chi connectivity index (χ2v) is 4.41. The van der Waals surface area contributed by atoms with Gasteiger partial charge in [0.25, 0.3) is 0 Å². The summed E-state index contributed by atoms with van der Waals surface area (Å²) in [6.07, 6.45) is 0. The Balaban J connectivity index is 2.49. The highest BCUT2D eigenvalue weighted by atomic mass is 35.5. The van der Waals surface area contributed by atoms with Crippen molar-refractivity contribution >= 4 is 23.3 Å². The van der Waals surface area contributed by atoms with Crippen LogP contribution in [-0.4, -0.2) is 12.6 Å². The number of rotatable bonds is 3. The molecule has 0 aliphatic heterocycles. The summed E-state index contributed by atoms with van der Waals surface area (Å²) in [7, 11) is 0. The Kier molecular flexibility index (Phi) is 4.07. The number of nitrogen functional groups attached to an aromatic ring is 1. The Morgan fingerprint density at radius 2 is 1.95 bits per heavy atom. The minimum Gasteiger partial charge on any atom is -0.462 e. The van der Waals surface area contributed by atoms with Gasteiger partial charge in [0.1, 0.15) is 0 Å². The number of carbonyl (C=O) groups excluding carboxylic acids is 1. The molecule has 2 rings (SSSR count). The average Bonchev–Trinajstić information content (AvgIpc) is 2.40. The van der Waals surface area contributed by atoms with Crippen molar-refractivity contribution < 1.29 is 9.53 Å².